The predicted molar refractivity (Wildman–Crippen MR) is 330 cm³/mol. The molecule has 0 saturated carbocycles. The molecule has 0 aromatic carbocycles. The number of carbonyl (C=O) groups excluding carboxylic acids is 2. The minimum Gasteiger partial charge on any atom is -0.756 e. The molecule has 0 aliphatic rings. The van der Waals surface area contributed by atoms with Gasteiger partial charge in [-0.1, -0.05) is 269 Å². The number of hydrogen-bond donors (Lipinski definition) is 1. The quantitative estimate of drug-likeness (QED) is 0.0212. The van der Waals surface area contributed by atoms with Crippen molar-refractivity contribution in [2.75, 3.05) is 40.9 Å². The van der Waals surface area contributed by atoms with Crippen molar-refractivity contribution in [3.05, 3.63) is 36.5 Å². The fourth-order valence-corrected chi connectivity index (χ4v) is 10.6. The van der Waals surface area contributed by atoms with Crippen LogP contribution in [0.1, 0.15) is 329 Å². The number of quaternary nitrogens is 1. The summed E-state index contributed by atoms with van der Waals surface area (Å²) in [6, 6.07) is -0.887. The van der Waals surface area contributed by atoms with Gasteiger partial charge in [0.15, 0.2) is 0 Å². The molecule has 0 radical (unpaired) electrons. The molecule has 1 N–H and O–H groups in total. The topological polar surface area (TPSA) is 114 Å². The summed E-state index contributed by atoms with van der Waals surface area (Å²) in [7, 11) is 1.20. The van der Waals surface area contributed by atoms with Crippen LogP contribution in [-0.4, -0.2) is 69.4 Å². The lowest BCUT2D eigenvalue weighted by Crippen LogP contribution is -2.47. The van der Waals surface area contributed by atoms with Gasteiger partial charge in [0.05, 0.1) is 33.8 Å². The van der Waals surface area contributed by atoms with Crippen LogP contribution in [0.25, 0.3) is 0 Å². The van der Waals surface area contributed by atoms with E-state index < -0.39 is 20.0 Å². The summed E-state index contributed by atoms with van der Waals surface area (Å²) in [5.74, 6) is -0.531. The smallest absolute Gasteiger partial charge is 0.306 e. The summed E-state index contributed by atoms with van der Waals surface area (Å²) < 4.78 is 30.4. The van der Waals surface area contributed by atoms with Crippen molar-refractivity contribution >= 4 is 19.7 Å². The van der Waals surface area contributed by atoms with Gasteiger partial charge < -0.3 is 28.5 Å². The van der Waals surface area contributed by atoms with Gasteiger partial charge in [0.1, 0.15) is 19.3 Å². The second-order valence-electron chi connectivity index (χ2n) is 24.0. The van der Waals surface area contributed by atoms with E-state index in [2.05, 4.69) is 50.4 Å². The Balaban J connectivity index is 5.11. The van der Waals surface area contributed by atoms with Crippen LogP contribution in [-0.2, 0) is 27.9 Å². The van der Waals surface area contributed by atoms with Crippen LogP contribution in [0.5, 0.6) is 0 Å². The Morgan fingerprint density at radius 2 is 0.753 bits per heavy atom. The van der Waals surface area contributed by atoms with E-state index in [0.29, 0.717) is 17.4 Å². The van der Waals surface area contributed by atoms with Crippen LogP contribution >= 0.6 is 7.82 Å². The Kier molecular flexibility index (Phi) is 56.1. The number of esters is 1. The van der Waals surface area contributed by atoms with Crippen LogP contribution in [0.2, 0.25) is 0 Å². The Labute approximate surface area is 478 Å². The fraction of sp³-hybridized carbons (Fsp3) is 0.881. The Bertz CT molecular complexity index is 1410. The van der Waals surface area contributed by atoms with E-state index in [-0.39, 0.29) is 31.5 Å². The third-order valence-electron chi connectivity index (χ3n) is 15.0. The number of likely N-dealkylation sites (N-methyl/N-ethyl adjacent to an activating group) is 1. The summed E-state index contributed by atoms with van der Waals surface area (Å²) in [4.78, 5) is 40.0. The molecule has 0 bridgehead atoms. The van der Waals surface area contributed by atoms with Gasteiger partial charge in [0.2, 0.25) is 5.91 Å². The lowest BCUT2D eigenvalue weighted by atomic mass is 10.0. The maximum absolute atomic E-state index is 13.5. The molecule has 0 rings (SSSR count). The number of unbranched alkanes of at least 4 members (excludes halogenated alkanes) is 41. The van der Waals surface area contributed by atoms with Gasteiger partial charge in [-0.05, 0) is 83.1 Å². The Morgan fingerprint density at radius 3 is 1.10 bits per heavy atom. The van der Waals surface area contributed by atoms with E-state index >= 15 is 0 Å². The molecule has 0 aromatic rings. The molecule has 0 heterocycles. The number of allylic oxidation sites excluding steroid dienone is 5. The minimum absolute atomic E-state index is 0.0208. The van der Waals surface area contributed by atoms with Gasteiger partial charge in [-0.25, -0.2) is 0 Å². The van der Waals surface area contributed by atoms with Crippen molar-refractivity contribution in [1.82, 2.24) is 5.32 Å². The molecule has 10 heteroatoms. The highest BCUT2D eigenvalue weighted by molar-refractivity contribution is 7.45. The van der Waals surface area contributed by atoms with E-state index in [1.54, 1.807) is 0 Å². The van der Waals surface area contributed by atoms with Gasteiger partial charge in [-0.2, -0.15) is 0 Å². The molecule has 0 saturated heterocycles. The molecule has 0 aliphatic heterocycles. The molecule has 454 valence electrons. The van der Waals surface area contributed by atoms with Crippen molar-refractivity contribution in [1.29, 1.82) is 0 Å². The first kappa shape index (κ1) is 75.2. The monoisotopic (exact) mass is 1100 g/mol. The summed E-state index contributed by atoms with van der Waals surface area (Å²) >= 11 is 0. The predicted octanol–water partition coefficient (Wildman–Crippen LogP) is 20.0. The molecule has 77 heavy (non-hydrogen) atoms. The van der Waals surface area contributed by atoms with Crippen LogP contribution in [0.4, 0.5) is 0 Å². The standard InChI is InChI=1S/C67H129N2O7P/c1-7-10-13-16-19-22-25-27-29-31-33-34-36-38-40-42-45-48-51-54-57-60-67(71)76-65(58-55-52-49-46-43-24-21-18-15-12-9-3)64(63-75-77(72,73)74-62-61-69(4,5)6)68-66(70)59-56-53-50-47-44-41-39-37-35-32-30-28-26-23-20-17-14-11-8-2/h27-30,55,58,64-65H,7-26,31-54,56-57,59-63H2,1-6H3,(H-,68,70,72,73)/b29-27+,30-28+,58-55+. The van der Waals surface area contributed by atoms with Crippen LogP contribution < -0.4 is 10.2 Å². The highest BCUT2D eigenvalue weighted by Crippen LogP contribution is 2.38. The van der Waals surface area contributed by atoms with E-state index in [1.165, 1.54) is 238 Å². The lowest BCUT2D eigenvalue weighted by molar-refractivity contribution is -0.870. The summed E-state index contributed by atoms with van der Waals surface area (Å²) in [5.41, 5.74) is 0. The van der Waals surface area contributed by atoms with E-state index in [4.69, 9.17) is 13.8 Å². The third-order valence-corrected chi connectivity index (χ3v) is 16.0. The third kappa shape index (κ3) is 58.7. The lowest BCUT2D eigenvalue weighted by Gasteiger charge is -2.30. The first-order chi connectivity index (χ1) is 37.4. The molecule has 0 spiro atoms. The van der Waals surface area contributed by atoms with E-state index in [1.807, 2.05) is 33.3 Å². The van der Waals surface area contributed by atoms with Gasteiger partial charge >= 0.3 is 5.97 Å². The Hall–Kier alpha value is -1.77. The van der Waals surface area contributed by atoms with E-state index in [9.17, 15) is 19.0 Å². The number of carbonyl (C=O) groups is 2. The normalized spacial score (nSPS) is 13.8. The molecular weight excluding hydrogens is 976 g/mol. The first-order valence-corrected chi connectivity index (χ1v) is 34.8. The molecule has 3 atom stereocenters. The average molecular weight is 1110 g/mol. The number of amides is 1. The molecule has 1 amide bonds. The fourth-order valence-electron chi connectivity index (χ4n) is 9.87. The van der Waals surface area contributed by atoms with Crippen molar-refractivity contribution in [2.24, 2.45) is 0 Å². The second kappa shape index (κ2) is 57.5. The number of ether oxygens (including phenoxy) is 1. The van der Waals surface area contributed by atoms with Gasteiger partial charge in [0, 0.05) is 12.8 Å². The number of nitrogens with one attached hydrogen (secondary N) is 1. The zero-order chi connectivity index (χ0) is 56.4. The van der Waals surface area contributed by atoms with Crippen molar-refractivity contribution in [3.8, 4) is 0 Å². The molecule has 0 aliphatic carbocycles. The SMILES string of the molecule is CCCCCCCC/C=C/CCCCCCCCCCCCCC(=O)OC(/C=C/CCCCCCCCCCC)C(COP(=O)([O-])OCC[N+](C)(C)C)NC(=O)CCCCCCCCCCC/C=C/CCCCCCCC. The van der Waals surface area contributed by atoms with Gasteiger partial charge in [0.25, 0.3) is 7.82 Å². The first-order valence-electron chi connectivity index (χ1n) is 33.3. The second-order valence-corrected chi connectivity index (χ2v) is 25.4. The average Bonchev–Trinajstić information content (AvgIpc) is 3.39. The highest BCUT2D eigenvalue weighted by atomic mass is 31.2. The summed E-state index contributed by atoms with van der Waals surface area (Å²) in [5, 5.41) is 3.04. The number of phosphoric acid groups is 1. The molecule has 0 aromatic heterocycles. The van der Waals surface area contributed by atoms with Crippen molar-refractivity contribution in [2.45, 2.75) is 341 Å². The van der Waals surface area contributed by atoms with Crippen molar-refractivity contribution in [3.63, 3.8) is 0 Å². The largest absolute Gasteiger partial charge is 0.756 e. The maximum Gasteiger partial charge on any atom is 0.306 e. The Morgan fingerprint density at radius 1 is 0.442 bits per heavy atom. The van der Waals surface area contributed by atoms with Crippen molar-refractivity contribution < 1.29 is 37.3 Å². The number of nitrogens with zero attached hydrogens (tertiary/aromatic N) is 1. The molecule has 9 nitrogen and oxygen atoms in total. The zero-order valence-corrected chi connectivity index (χ0v) is 52.8. The minimum atomic E-state index is -4.70. The number of hydrogen-bond acceptors (Lipinski definition) is 7. The molecule has 3 unspecified atom stereocenters. The van der Waals surface area contributed by atoms with Crippen LogP contribution in [0, 0.1) is 0 Å². The molecule has 0 fully saturated rings. The summed E-state index contributed by atoms with van der Waals surface area (Å²) in [6.45, 7) is 6.87. The molecular formula is C67H129N2O7P. The van der Waals surface area contributed by atoms with Gasteiger partial charge in [-0.15, -0.1) is 0 Å². The maximum atomic E-state index is 13.5. The van der Waals surface area contributed by atoms with Crippen LogP contribution in [0.3, 0.4) is 0 Å². The van der Waals surface area contributed by atoms with Gasteiger partial charge in [-0.3, -0.25) is 14.2 Å². The van der Waals surface area contributed by atoms with Crippen LogP contribution in [0.15, 0.2) is 36.5 Å². The summed E-state index contributed by atoms with van der Waals surface area (Å²) in [6.07, 6.45) is 69.7. The zero-order valence-electron chi connectivity index (χ0n) is 51.9. The number of rotatable bonds is 61. The highest BCUT2D eigenvalue weighted by Gasteiger charge is 2.27. The number of phosphoric ester groups is 1. The van der Waals surface area contributed by atoms with E-state index in [0.717, 1.165) is 57.8 Å².